The maximum absolute atomic E-state index is 12.2. The summed E-state index contributed by atoms with van der Waals surface area (Å²) in [6, 6.07) is 7.42. The molecule has 0 aromatic heterocycles. The lowest BCUT2D eigenvalue weighted by atomic mass is 10.2. The number of allylic oxidation sites excluding steroid dienone is 4. The smallest absolute Gasteiger partial charge is 0.266 e. The average molecular weight is 453 g/mol. The number of thiocarbonyl (C=S) groups is 1. The Labute approximate surface area is 179 Å². The molecule has 10 heteroatoms. The Balaban J connectivity index is 1.73. The Morgan fingerprint density at radius 1 is 1.21 bits per heavy atom. The zero-order chi connectivity index (χ0) is 21.0. The van der Waals surface area contributed by atoms with Crippen LogP contribution in [0, 0.1) is 0 Å². The molecule has 3 rings (SSSR count). The topological polar surface area (TPSA) is 87.2 Å². The van der Waals surface area contributed by atoms with E-state index in [-0.39, 0.29) is 18.1 Å². The summed E-state index contributed by atoms with van der Waals surface area (Å²) >= 11 is 6.45. The molecular formula is C19H20N2O5S3. The molecule has 1 N–H and O–H groups in total. The van der Waals surface area contributed by atoms with E-state index in [1.807, 2.05) is 36.1 Å². The van der Waals surface area contributed by atoms with Crippen molar-refractivity contribution in [3.05, 3.63) is 59.4 Å². The van der Waals surface area contributed by atoms with E-state index in [4.69, 9.17) is 21.5 Å². The maximum Gasteiger partial charge on any atom is 0.266 e. The number of para-hydroxylation sites is 2. The van der Waals surface area contributed by atoms with Gasteiger partial charge in [0.2, 0.25) is 5.88 Å². The molecular weight excluding hydrogens is 432 g/mol. The Morgan fingerprint density at radius 3 is 2.62 bits per heavy atom. The number of ether oxygens (including phenoxy) is 1. The normalized spacial score (nSPS) is 19.7. The summed E-state index contributed by atoms with van der Waals surface area (Å²) < 4.78 is 37.3. The molecule has 2 aliphatic heterocycles. The summed E-state index contributed by atoms with van der Waals surface area (Å²) in [5.74, 6) is 0.778. The van der Waals surface area contributed by atoms with Crippen molar-refractivity contribution in [2.45, 2.75) is 13.3 Å². The van der Waals surface area contributed by atoms with E-state index in [1.165, 1.54) is 11.8 Å². The fourth-order valence-corrected chi connectivity index (χ4v) is 4.71. The fourth-order valence-electron chi connectivity index (χ4n) is 2.88. The molecule has 29 heavy (non-hydrogen) atoms. The minimum Gasteiger partial charge on any atom is -0.439 e. The van der Waals surface area contributed by atoms with Crippen molar-refractivity contribution in [1.82, 2.24) is 4.90 Å². The van der Waals surface area contributed by atoms with Crippen LogP contribution in [0.1, 0.15) is 13.3 Å². The van der Waals surface area contributed by atoms with E-state index in [2.05, 4.69) is 0 Å². The van der Waals surface area contributed by atoms with Crippen molar-refractivity contribution < 1.29 is 22.5 Å². The van der Waals surface area contributed by atoms with Gasteiger partial charge in [0.25, 0.3) is 16.0 Å². The number of carbonyl (C=O) groups excluding carboxylic acids is 1. The molecule has 0 unspecified atom stereocenters. The summed E-state index contributed by atoms with van der Waals surface area (Å²) in [6.07, 6.45) is 7.17. The van der Waals surface area contributed by atoms with Crippen LogP contribution in [-0.2, 0) is 14.9 Å². The lowest BCUT2D eigenvalue weighted by molar-refractivity contribution is -0.122. The van der Waals surface area contributed by atoms with Gasteiger partial charge in [0.15, 0.2) is 5.75 Å². The first-order valence-electron chi connectivity index (χ1n) is 8.92. The predicted octanol–water partition coefficient (Wildman–Crippen LogP) is 3.33. The van der Waals surface area contributed by atoms with Crippen molar-refractivity contribution >= 4 is 50.0 Å². The van der Waals surface area contributed by atoms with Gasteiger partial charge in [-0.15, -0.1) is 0 Å². The summed E-state index contributed by atoms with van der Waals surface area (Å²) in [5, 5.41) is 0. The first-order chi connectivity index (χ1) is 13.8. The lowest BCUT2D eigenvalue weighted by Crippen LogP contribution is -2.27. The van der Waals surface area contributed by atoms with Gasteiger partial charge in [-0.25, -0.2) is 0 Å². The molecule has 0 atom stereocenters. The van der Waals surface area contributed by atoms with E-state index in [9.17, 15) is 13.2 Å². The summed E-state index contributed by atoms with van der Waals surface area (Å²) in [5.41, 5.74) is 0.825. The molecule has 1 fully saturated rings. The quantitative estimate of drug-likeness (QED) is 0.383. The van der Waals surface area contributed by atoms with Crippen molar-refractivity contribution in [3.63, 3.8) is 0 Å². The van der Waals surface area contributed by atoms with Gasteiger partial charge >= 0.3 is 0 Å². The summed E-state index contributed by atoms with van der Waals surface area (Å²) in [6.45, 7) is 2.78. The zero-order valence-electron chi connectivity index (χ0n) is 15.6. The molecule has 0 saturated carbocycles. The number of carbonyl (C=O) groups is 1. The molecule has 0 radical (unpaired) electrons. The van der Waals surface area contributed by atoms with Crippen LogP contribution < -0.4 is 9.64 Å². The van der Waals surface area contributed by atoms with Crippen LogP contribution >= 0.6 is 24.0 Å². The van der Waals surface area contributed by atoms with Crippen LogP contribution in [0.15, 0.2) is 59.4 Å². The Bertz CT molecular complexity index is 1010. The molecule has 154 valence electrons. The molecule has 2 aliphatic rings. The Morgan fingerprint density at radius 2 is 1.93 bits per heavy atom. The average Bonchev–Trinajstić information content (AvgIpc) is 3.14. The second kappa shape index (κ2) is 9.12. The van der Waals surface area contributed by atoms with Crippen molar-refractivity contribution in [2.24, 2.45) is 0 Å². The maximum atomic E-state index is 12.2. The summed E-state index contributed by atoms with van der Waals surface area (Å²) in [4.78, 5) is 16.2. The van der Waals surface area contributed by atoms with E-state index < -0.39 is 10.1 Å². The number of anilines is 1. The number of amides is 1. The highest BCUT2D eigenvalue weighted by atomic mass is 32.2. The number of hydrogen-bond acceptors (Lipinski definition) is 7. The highest BCUT2D eigenvalue weighted by molar-refractivity contribution is 8.26. The number of rotatable bonds is 7. The number of likely N-dealkylation sites (N-methyl/N-ethyl adjacent to an activating group) is 1. The standard InChI is InChI=1S/C19H20N2O5S3/c1-2-20-18(22)16(28-19(20)27)10-5-6-11-17-21(12-7-13-29(23,24)25)14-8-3-4-9-15(14)26-17/h3-6,8-11H,2,7,12-13H2,1H3,(H,23,24,25)/b6-5+,16-10+,17-11-. The zero-order valence-corrected chi connectivity index (χ0v) is 18.1. The number of hydrogen-bond donors (Lipinski definition) is 1. The fraction of sp³-hybridized carbons (Fsp3) is 0.263. The van der Waals surface area contributed by atoms with Crippen LogP contribution in [0.25, 0.3) is 0 Å². The van der Waals surface area contributed by atoms with Gasteiger partial charge in [0, 0.05) is 13.1 Å². The van der Waals surface area contributed by atoms with Gasteiger partial charge in [0.05, 0.1) is 16.3 Å². The highest BCUT2D eigenvalue weighted by Gasteiger charge is 2.30. The third-order valence-electron chi connectivity index (χ3n) is 4.21. The predicted molar refractivity (Wildman–Crippen MR) is 118 cm³/mol. The van der Waals surface area contributed by atoms with Crippen LogP contribution in [0.4, 0.5) is 5.69 Å². The van der Waals surface area contributed by atoms with Gasteiger partial charge in [0.1, 0.15) is 4.32 Å². The van der Waals surface area contributed by atoms with E-state index in [0.717, 1.165) is 5.69 Å². The molecule has 1 aromatic carbocycles. The first-order valence-corrected chi connectivity index (χ1v) is 11.8. The van der Waals surface area contributed by atoms with Crippen molar-refractivity contribution in [3.8, 4) is 5.75 Å². The van der Waals surface area contributed by atoms with Crippen LogP contribution in [0.3, 0.4) is 0 Å². The number of benzene rings is 1. The van der Waals surface area contributed by atoms with E-state index in [0.29, 0.717) is 33.9 Å². The SMILES string of the molecule is CCN1C(=O)\C(=C/C=C/C=C2\Oc3ccccc3N2CCCS(=O)(=O)O)SC1=S. The van der Waals surface area contributed by atoms with Crippen LogP contribution in [0.5, 0.6) is 5.75 Å². The lowest BCUT2D eigenvalue weighted by Gasteiger charge is -2.17. The van der Waals surface area contributed by atoms with Gasteiger partial charge in [-0.05, 0) is 37.6 Å². The molecule has 7 nitrogen and oxygen atoms in total. The van der Waals surface area contributed by atoms with Crippen LogP contribution in [0.2, 0.25) is 0 Å². The molecule has 1 aromatic rings. The molecule has 0 bridgehead atoms. The monoisotopic (exact) mass is 452 g/mol. The van der Waals surface area contributed by atoms with Crippen molar-refractivity contribution in [2.75, 3.05) is 23.7 Å². The minimum absolute atomic E-state index is 0.101. The molecule has 0 spiro atoms. The third-order valence-corrected chi connectivity index (χ3v) is 6.41. The van der Waals surface area contributed by atoms with Gasteiger partial charge in [-0.3, -0.25) is 14.2 Å². The Hall–Kier alpha value is -2.14. The second-order valence-electron chi connectivity index (χ2n) is 6.20. The minimum atomic E-state index is -4.01. The molecule has 1 saturated heterocycles. The first kappa shape index (κ1) is 21.6. The number of nitrogens with zero attached hydrogens (tertiary/aromatic N) is 2. The highest BCUT2D eigenvalue weighted by Crippen LogP contribution is 2.38. The van der Waals surface area contributed by atoms with E-state index in [1.54, 1.807) is 29.2 Å². The molecule has 0 aliphatic carbocycles. The van der Waals surface area contributed by atoms with Gasteiger partial charge in [-0.2, -0.15) is 8.42 Å². The van der Waals surface area contributed by atoms with Gasteiger partial charge in [-0.1, -0.05) is 48.3 Å². The van der Waals surface area contributed by atoms with Crippen molar-refractivity contribution in [1.29, 1.82) is 0 Å². The summed E-state index contributed by atoms with van der Waals surface area (Å²) in [7, 11) is -4.01. The number of thioether (sulfide) groups is 1. The van der Waals surface area contributed by atoms with Crippen LogP contribution in [-0.4, -0.2) is 46.9 Å². The largest absolute Gasteiger partial charge is 0.439 e. The number of fused-ring (bicyclic) bond motifs is 1. The van der Waals surface area contributed by atoms with E-state index >= 15 is 0 Å². The van der Waals surface area contributed by atoms with Gasteiger partial charge < -0.3 is 9.64 Å². The second-order valence-corrected chi connectivity index (χ2v) is 9.45. The Kier molecular flexibility index (Phi) is 6.78. The third kappa shape index (κ3) is 5.27. The molecule has 2 heterocycles. The molecule has 1 amide bonds.